The number of benzene rings is 1. The van der Waals surface area contributed by atoms with Gasteiger partial charge in [0.05, 0.1) is 17.1 Å². The molecule has 1 unspecified atom stereocenters. The van der Waals surface area contributed by atoms with E-state index in [0.29, 0.717) is 11.4 Å². The molecule has 122 valence electrons. The molecule has 0 radical (unpaired) electrons. The van der Waals surface area contributed by atoms with Crippen molar-refractivity contribution in [3.8, 4) is 0 Å². The van der Waals surface area contributed by atoms with E-state index in [-0.39, 0.29) is 23.0 Å². The van der Waals surface area contributed by atoms with Crippen molar-refractivity contribution in [1.82, 2.24) is 10.6 Å². The number of halogens is 2. The maximum absolute atomic E-state index is 11.9. The van der Waals surface area contributed by atoms with E-state index in [9.17, 15) is 9.59 Å². The zero-order chi connectivity index (χ0) is 16.7. The largest absolute Gasteiger partial charge is 0.343 e. The highest BCUT2D eigenvalue weighted by molar-refractivity contribution is 6.35. The molecule has 6 nitrogen and oxygen atoms in total. The van der Waals surface area contributed by atoms with Crippen LogP contribution in [0, 0.1) is 5.92 Å². The summed E-state index contributed by atoms with van der Waals surface area (Å²) in [5.41, 5.74) is 0.180. The van der Waals surface area contributed by atoms with Crippen LogP contribution in [0.15, 0.2) is 18.2 Å². The Labute approximate surface area is 138 Å². The van der Waals surface area contributed by atoms with Gasteiger partial charge in [-0.15, -0.1) is 0 Å². The first-order chi connectivity index (χ1) is 10.3. The van der Waals surface area contributed by atoms with E-state index in [2.05, 4.69) is 15.5 Å². The van der Waals surface area contributed by atoms with Crippen molar-refractivity contribution in [2.24, 2.45) is 5.92 Å². The van der Waals surface area contributed by atoms with Gasteiger partial charge in [0.2, 0.25) is 5.91 Å². The zero-order valence-corrected chi connectivity index (χ0v) is 13.7. The lowest BCUT2D eigenvalue weighted by Crippen LogP contribution is -2.43. The Bertz CT molecular complexity index is 538. The molecule has 8 heteroatoms. The number of nitrogens with one attached hydrogen (secondary N) is 2. The summed E-state index contributed by atoms with van der Waals surface area (Å²) in [4.78, 5) is 27.8. The topological polar surface area (TPSA) is 87.7 Å². The van der Waals surface area contributed by atoms with Crippen molar-refractivity contribution in [2.45, 2.75) is 26.5 Å². The van der Waals surface area contributed by atoms with Crippen LogP contribution in [0.3, 0.4) is 0 Å². The summed E-state index contributed by atoms with van der Waals surface area (Å²) in [6.07, 6.45) is -0.379. The Morgan fingerprint density at radius 3 is 2.59 bits per heavy atom. The second kappa shape index (κ2) is 8.95. The smallest absolute Gasteiger partial charge is 0.253 e. The van der Waals surface area contributed by atoms with E-state index in [1.807, 2.05) is 13.8 Å². The Balaban J connectivity index is 2.53. The van der Waals surface area contributed by atoms with Gasteiger partial charge in [0.25, 0.3) is 5.91 Å². The lowest BCUT2D eigenvalue weighted by molar-refractivity contribution is -0.287. The second-order valence-electron chi connectivity index (χ2n) is 5.10. The average Bonchev–Trinajstić information content (AvgIpc) is 2.46. The van der Waals surface area contributed by atoms with Crippen molar-refractivity contribution < 1.29 is 19.7 Å². The van der Waals surface area contributed by atoms with E-state index in [1.54, 1.807) is 6.07 Å². The molecule has 0 heterocycles. The van der Waals surface area contributed by atoms with Gasteiger partial charge in [-0.1, -0.05) is 37.0 Å². The van der Waals surface area contributed by atoms with Gasteiger partial charge in [0.15, 0.2) is 6.23 Å². The molecule has 1 atom stereocenters. The van der Waals surface area contributed by atoms with E-state index in [0.717, 1.165) is 0 Å². The maximum Gasteiger partial charge on any atom is 0.253 e. The second-order valence-corrected chi connectivity index (χ2v) is 5.94. The lowest BCUT2D eigenvalue weighted by atomic mass is 10.1. The molecule has 0 aliphatic heterocycles. The van der Waals surface area contributed by atoms with Crippen molar-refractivity contribution in [3.63, 3.8) is 0 Å². The summed E-state index contributed by atoms with van der Waals surface area (Å²) < 4.78 is 0. The molecule has 1 aromatic rings. The molecule has 0 saturated carbocycles. The van der Waals surface area contributed by atoms with E-state index in [4.69, 9.17) is 28.5 Å². The number of carbonyl (C=O) groups excluding carboxylic acids is 2. The summed E-state index contributed by atoms with van der Waals surface area (Å²) >= 11 is 11.7. The quantitative estimate of drug-likeness (QED) is 0.401. The van der Waals surface area contributed by atoms with Gasteiger partial charge in [0.1, 0.15) is 0 Å². The van der Waals surface area contributed by atoms with Crippen LogP contribution in [-0.4, -0.2) is 29.8 Å². The third-order valence-corrected chi connectivity index (χ3v) is 3.28. The molecule has 0 aliphatic rings. The Hall–Kier alpha value is -1.34. The summed E-state index contributed by atoms with van der Waals surface area (Å²) in [6.45, 7) is 3.56. The molecular formula is C14H18Cl2N2O4. The highest BCUT2D eigenvalue weighted by Gasteiger charge is 2.16. The van der Waals surface area contributed by atoms with Crippen molar-refractivity contribution in [1.29, 1.82) is 0 Å². The minimum absolute atomic E-state index is 0.180. The van der Waals surface area contributed by atoms with Gasteiger partial charge < -0.3 is 10.6 Å². The standard InChI is InChI=1S/C14H18Cl2N2O4/c1-8(2)5-13(22-21)18-12(19)7-17-14(20)10-6-9(15)3-4-11(10)16/h3-4,6,8,13,21H,5,7H2,1-2H3,(H,17,20)(H,18,19). The lowest BCUT2D eigenvalue weighted by Gasteiger charge is -2.17. The summed E-state index contributed by atoms with van der Waals surface area (Å²) in [5.74, 6) is -0.795. The molecule has 22 heavy (non-hydrogen) atoms. The molecule has 3 N–H and O–H groups in total. The Morgan fingerprint density at radius 1 is 1.32 bits per heavy atom. The van der Waals surface area contributed by atoms with E-state index in [1.165, 1.54) is 12.1 Å². The van der Waals surface area contributed by atoms with Crippen LogP contribution in [0.4, 0.5) is 0 Å². The first kappa shape index (κ1) is 18.7. The highest BCUT2D eigenvalue weighted by Crippen LogP contribution is 2.20. The molecule has 0 bridgehead atoms. The molecule has 0 fully saturated rings. The third-order valence-electron chi connectivity index (χ3n) is 2.72. The molecule has 0 spiro atoms. The molecule has 0 aliphatic carbocycles. The van der Waals surface area contributed by atoms with E-state index < -0.39 is 18.0 Å². The van der Waals surface area contributed by atoms with Gasteiger partial charge in [-0.2, -0.15) is 0 Å². The molecule has 0 saturated heterocycles. The minimum atomic E-state index is -0.820. The van der Waals surface area contributed by atoms with E-state index >= 15 is 0 Å². The maximum atomic E-state index is 11.9. The SMILES string of the molecule is CC(C)CC(NC(=O)CNC(=O)c1cc(Cl)ccc1Cl)OO. The Kier molecular flexibility index (Phi) is 7.61. The van der Waals surface area contributed by atoms with Gasteiger partial charge in [-0.25, -0.2) is 10.1 Å². The van der Waals surface area contributed by atoms with Crippen molar-refractivity contribution in [3.05, 3.63) is 33.8 Å². The number of hydrogen-bond donors (Lipinski definition) is 3. The molecule has 1 aromatic carbocycles. The first-order valence-electron chi connectivity index (χ1n) is 6.66. The normalized spacial score (nSPS) is 12.1. The van der Waals surface area contributed by atoms with Crippen molar-refractivity contribution >= 4 is 35.0 Å². The van der Waals surface area contributed by atoms with Gasteiger partial charge in [0, 0.05) is 5.02 Å². The summed E-state index contributed by atoms with van der Waals surface area (Å²) in [7, 11) is 0. The summed E-state index contributed by atoms with van der Waals surface area (Å²) in [5, 5.41) is 14.2. The Morgan fingerprint density at radius 2 is 2.00 bits per heavy atom. The van der Waals surface area contributed by atoms with Crippen LogP contribution < -0.4 is 10.6 Å². The number of hydrogen-bond acceptors (Lipinski definition) is 4. The first-order valence-corrected chi connectivity index (χ1v) is 7.42. The van der Waals surface area contributed by atoms with Crippen LogP contribution in [0.2, 0.25) is 10.0 Å². The fourth-order valence-electron chi connectivity index (χ4n) is 1.71. The number of amides is 2. The zero-order valence-electron chi connectivity index (χ0n) is 12.2. The van der Waals surface area contributed by atoms with Crippen LogP contribution in [0.5, 0.6) is 0 Å². The predicted molar refractivity (Wildman–Crippen MR) is 83.9 cm³/mol. The van der Waals surface area contributed by atoms with Crippen LogP contribution in [0.1, 0.15) is 30.6 Å². The van der Waals surface area contributed by atoms with Crippen LogP contribution in [-0.2, 0) is 9.68 Å². The fourth-order valence-corrected chi connectivity index (χ4v) is 2.09. The van der Waals surface area contributed by atoms with Crippen LogP contribution >= 0.6 is 23.2 Å². The van der Waals surface area contributed by atoms with Gasteiger partial charge >= 0.3 is 0 Å². The van der Waals surface area contributed by atoms with Gasteiger partial charge in [-0.3, -0.25) is 9.59 Å². The number of carbonyl (C=O) groups is 2. The highest BCUT2D eigenvalue weighted by atomic mass is 35.5. The fraction of sp³-hybridized carbons (Fsp3) is 0.429. The number of rotatable bonds is 7. The molecule has 2 amide bonds. The summed E-state index contributed by atoms with van der Waals surface area (Å²) in [6, 6.07) is 4.47. The monoisotopic (exact) mass is 348 g/mol. The average molecular weight is 349 g/mol. The molecule has 0 aromatic heterocycles. The molecular weight excluding hydrogens is 331 g/mol. The third kappa shape index (κ3) is 6.19. The van der Waals surface area contributed by atoms with Crippen molar-refractivity contribution in [2.75, 3.05) is 6.54 Å². The molecule has 1 rings (SSSR count). The van der Waals surface area contributed by atoms with Crippen LogP contribution in [0.25, 0.3) is 0 Å². The predicted octanol–water partition coefficient (Wildman–Crippen LogP) is 2.70. The van der Waals surface area contributed by atoms with Gasteiger partial charge in [-0.05, 0) is 30.5 Å². The minimum Gasteiger partial charge on any atom is -0.343 e.